The molecule has 4 rings (SSSR count). The first kappa shape index (κ1) is 23.8. The zero-order chi connectivity index (χ0) is 24.4. The number of carbonyl (C=O) groups excluding carboxylic acids is 3. The number of nitrogens with zero attached hydrogens (tertiary/aromatic N) is 1. The number of carbonyl (C=O) groups is 3. The Bertz CT molecular complexity index is 1310. The molecule has 0 radical (unpaired) electrons. The van der Waals surface area contributed by atoms with Gasteiger partial charge in [0.2, 0.25) is 0 Å². The van der Waals surface area contributed by atoms with Crippen molar-refractivity contribution in [1.29, 1.82) is 0 Å². The average Bonchev–Trinajstić information content (AvgIpc) is 2.78. The van der Waals surface area contributed by atoms with E-state index in [1.807, 2.05) is 31.2 Å². The molecule has 1 fully saturated rings. The lowest BCUT2D eigenvalue weighted by Gasteiger charge is -2.27. The van der Waals surface area contributed by atoms with Crippen LogP contribution in [0.15, 0.2) is 66.2 Å². The van der Waals surface area contributed by atoms with Gasteiger partial charge < -0.3 is 4.74 Å². The summed E-state index contributed by atoms with van der Waals surface area (Å²) >= 11 is 18.9. The van der Waals surface area contributed by atoms with Gasteiger partial charge in [0.1, 0.15) is 12.2 Å². The second-order valence-corrected chi connectivity index (χ2v) is 8.72. The molecule has 1 aliphatic rings. The highest BCUT2D eigenvalue weighted by atomic mass is 35.5. The average molecular weight is 516 g/mol. The van der Waals surface area contributed by atoms with E-state index >= 15 is 0 Å². The summed E-state index contributed by atoms with van der Waals surface area (Å²) in [4.78, 5) is 38.6. The maximum Gasteiger partial charge on any atom is 0.335 e. The number of hydrogen-bond donors (Lipinski definition) is 1. The highest BCUT2D eigenvalue weighted by Gasteiger charge is 2.37. The van der Waals surface area contributed by atoms with Crippen LogP contribution in [-0.2, 0) is 16.2 Å². The molecule has 3 aromatic carbocycles. The van der Waals surface area contributed by atoms with Gasteiger partial charge in [-0.2, -0.15) is 0 Å². The zero-order valence-electron chi connectivity index (χ0n) is 17.8. The first-order chi connectivity index (χ1) is 16.2. The van der Waals surface area contributed by atoms with Gasteiger partial charge in [-0.1, -0.05) is 76.8 Å². The van der Waals surface area contributed by atoms with Crippen molar-refractivity contribution in [2.75, 3.05) is 4.90 Å². The van der Waals surface area contributed by atoms with E-state index in [-0.39, 0.29) is 38.7 Å². The fourth-order valence-corrected chi connectivity index (χ4v) is 4.15. The Morgan fingerprint density at radius 1 is 0.912 bits per heavy atom. The minimum absolute atomic E-state index is 0.154. The van der Waals surface area contributed by atoms with Crippen molar-refractivity contribution in [3.8, 4) is 5.75 Å². The number of para-hydroxylation sites is 1. The number of amides is 4. The number of imide groups is 2. The van der Waals surface area contributed by atoms with Gasteiger partial charge in [0.25, 0.3) is 11.8 Å². The van der Waals surface area contributed by atoms with Crippen LogP contribution in [0.1, 0.15) is 16.7 Å². The monoisotopic (exact) mass is 514 g/mol. The number of rotatable bonds is 5. The van der Waals surface area contributed by atoms with Crippen LogP contribution in [0.4, 0.5) is 10.5 Å². The first-order valence-corrected chi connectivity index (χ1v) is 11.2. The molecule has 0 saturated carbocycles. The lowest BCUT2D eigenvalue weighted by atomic mass is 10.1. The van der Waals surface area contributed by atoms with Crippen LogP contribution in [-0.4, -0.2) is 17.8 Å². The summed E-state index contributed by atoms with van der Waals surface area (Å²) in [7, 11) is 0. The molecule has 0 bridgehead atoms. The van der Waals surface area contributed by atoms with Gasteiger partial charge in [-0.05, 0) is 48.4 Å². The first-order valence-electron chi connectivity index (χ1n) is 10.1. The molecule has 1 heterocycles. The minimum Gasteiger partial charge on any atom is -0.486 e. The molecule has 34 heavy (non-hydrogen) atoms. The molecule has 0 aromatic heterocycles. The number of urea groups is 1. The minimum atomic E-state index is -0.892. The number of aryl methyl sites for hydroxylation is 1. The third kappa shape index (κ3) is 4.94. The molecule has 0 spiro atoms. The van der Waals surface area contributed by atoms with E-state index in [4.69, 9.17) is 39.5 Å². The van der Waals surface area contributed by atoms with Crippen LogP contribution in [0.25, 0.3) is 6.08 Å². The number of ether oxygens (including phenoxy) is 1. The van der Waals surface area contributed by atoms with Crippen molar-refractivity contribution in [2.45, 2.75) is 13.5 Å². The summed E-state index contributed by atoms with van der Waals surface area (Å²) in [6.07, 6.45) is 1.30. The molecule has 1 aliphatic heterocycles. The topological polar surface area (TPSA) is 75.7 Å². The van der Waals surface area contributed by atoms with Gasteiger partial charge in [-0.3, -0.25) is 14.9 Å². The number of anilines is 1. The molecule has 9 heteroatoms. The quantitative estimate of drug-likeness (QED) is 0.324. The van der Waals surface area contributed by atoms with Crippen LogP contribution in [0.5, 0.6) is 5.75 Å². The Kier molecular flexibility index (Phi) is 6.93. The Balaban J connectivity index is 1.61. The smallest absolute Gasteiger partial charge is 0.335 e. The molecule has 1 saturated heterocycles. The summed E-state index contributed by atoms with van der Waals surface area (Å²) in [5, 5.41) is 2.74. The van der Waals surface area contributed by atoms with Crippen LogP contribution < -0.4 is 15.0 Å². The third-order valence-electron chi connectivity index (χ3n) is 5.03. The van der Waals surface area contributed by atoms with Crippen molar-refractivity contribution in [2.24, 2.45) is 0 Å². The van der Waals surface area contributed by atoms with E-state index in [0.29, 0.717) is 5.56 Å². The second-order valence-electron chi connectivity index (χ2n) is 7.50. The highest BCUT2D eigenvalue weighted by molar-refractivity contribution is 6.42. The van der Waals surface area contributed by atoms with Gasteiger partial charge in [0.15, 0.2) is 5.75 Å². The summed E-state index contributed by atoms with van der Waals surface area (Å²) in [5.74, 6) is -1.39. The van der Waals surface area contributed by atoms with Crippen LogP contribution >= 0.6 is 34.8 Å². The largest absolute Gasteiger partial charge is 0.486 e. The Morgan fingerprint density at radius 2 is 1.56 bits per heavy atom. The van der Waals surface area contributed by atoms with E-state index in [2.05, 4.69) is 5.32 Å². The maximum atomic E-state index is 13.1. The van der Waals surface area contributed by atoms with Crippen LogP contribution in [0.3, 0.4) is 0 Å². The zero-order valence-corrected chi connectivity index (χ0v) is 20.0. The third-order valence-corrected chi connectivity index (χ3v) is 5.91. The molecule has 6 nitrogen and oxygen atoms in total. The van der Waals surface area contributed by atoms with Crippen molar-refractivity contribution < 1.29 is 19.1 Å². The van der Waals surface area contributed by atoms with Gasteiger partial charge >= 0.3 is 6.03 Å². The highest BCUT2D eigenvalue weighted by Crippen LogP contribution is 2.36. The normalized spacial score (nSPS) is 15.0. The second kappa shape index (κ2) is 9.89. The predicted molar refractivity (Wildman–Crippen MR) is 132 cm³/mol. The van der Waals surface area contributed by atoms with E-state index in [0.717, 1.165) is 16.0 Å². The van der Waals surface area contributed by atoms with Crippen LogP contribution in [0.2, 0.25) is 15.1 Å². The molecule has 0 unspecified atom stereocenters. The SMILES string of the molecule is Cc1ccc(COc2c(Cl)cc(/C=C3\C(=O)NC(=O)N(c4ccccc4Cl)C3=O)cc2Cl)cc1. The summed E-state index contributed by atoms with van der Waals surface area (Å²) in [6.45, 7) is 2.25. The van der Waals surface area contributed by atoms with Gasteiger partial charge in [-0.15, -0.1) is 0 Å². The lowest BCUT2D eigenvalue weighted by Crippen LogP contribution is -2.54. The Morgan fingerprint density at radius 3 is 2.21 bits per heavy atom. The Hall–Kier alpha value is -3.32. The Labute approximate surface area is 210 Å². The molecule has 0 atom stereocenters. The summed E-state index contributed by atoms with van der Waals surface area (Å²) in [6, 6.07) is 16.3. The fourth-order valence-electron chi connectivity index (χ4n) is 3.32. The number of barbiturate groups is 1. The molecule has 0 aliphatic carbocycles. The number of benzene rings is 3. The van der Waals surface area contributed by atoms with E-state index in [1.165, 1.54) is 30.3 Å². The standard InChI is InChI=1S/C25H17Cl3N2O4/c1-14-6-8-15(9-7-14)13-34-22-19(27)11-16(12-20(22)28)10-17-23(31)29-25(33)30(24(17)32)21-5-3-2-4-18(21)26/h2-12H,13H2,1H3,(H,29,31,33)/b17-10+. The number of halogens is 3. The van der Waals surface area contributed by atoms with Crippen molar-refractivity contribution >= 4 is 64.4 Å². The van der Waals surface area contributed by atoms with E-state index < -0.39 is 17.8 Å². The molecule has 1 N–H and O–H groups in total. The van der Waals surface area contributed by atoms with Crippen molar-refractivity contribution in [3.63, 3.8) is 0 Å². The van der Waals surface area contributed by atoms with Gasteiger partial charge in [0, 0.05) is 0 Å². The summed E-state index contributed by atoms with van der Waals surface area (Å²) in [5.41, 5.74) is 2.33. The molecule has 172 valence electrons. The number of hydrogen-bond acceptors (Lipinski definition) is 4. The van der Waals surface area contributed by atoms with E-state index in [1.54, 1.807) is 12.1 Å². The fraction of sp³-hybridized carbons (Fsp3) is 0.0800. The van der Waals surface area contributed by atoms with Gasteiger partial charge in [0.05, 0.1) is 20.8 Å². The maximum absolute atomic E-state index is 13.1. The molecular formula is C25H17Cl3N2O4. The summed E-state index contributed by atoms with van der Waals surface area (Å²) < 4.78 is 5.78. The number of nitrogens with one attached hydrogen (secondary N) is 1. The van der Waals surface area contributed by atoms with Gasteiger partial charge in [-0.25, -0.2) is 9.69 Å². The van der Waals surface area contributed by atoms with Crippen molar-refractivity contribution in [1.82, 2.24) is 5.32 Å². The predicted octanol–water partition coefficient (Wildman–Crippen LogP) is 6.20. The molecule has 3 aromatic rings. The van der Waals surface area contributed by atoms with Crippen LogP contribution in [0, 0.1) is 6.92 Å². The van der Waals surface area contributed by atoms with Crippen molar-refractivity contribution in [3.05, 3.63) is 98.0 Å². The lowest BCUT2D eigenvalue weighted by molar-refractivity contribution is -0.122. The molecule has 4 amide bonds. The van der Waals surface area contributed by atoms with E-state index in [9.17, 15) is 14.4 Å². The molecular weight excluding hydrogens is 499 g/mol.